The predicted molar refractivity (Wildman–Crippen MR) is 85.1 cm³/mol. The zero-order chi connectivity index (χ0) is 15.8. The minimum absolute atomic E-state index is 0.363. The van der Waals surface area contributed by atoms with Crippen molar-refractivity contribution in [1.82, 2.24) is 0 Å². The van der Waals surface area contributed by atoms with Gasteiger partial charge in [0.05, 0.1) is 46.0 Å². The summed E-state index contributed by atoms with van der Waals surface area (Å²) >= 11 is 0. The van der Waals surface area contributed by atoms with Crippen LogP contribution in [0.1, 0.15) is 16.8 Å². The predicted octanol–water partition coefficient (Wildman–Crippen LogP) is 2.14. The molecule has 0 bridgehead atoms. The topological polar surface area (TPSA) is 54.0 Å². The second-order valence-corrected chi connectivity index (χ2v) is 6.97. The highest BCUT2D eigenvalue weighted by Gasteiger charge is 2.18. The van der Waals surface area contributed by atoms with Crippen molar-refractivity contribution in [2.75, 3.05) is 46.2 Å². The van der Waals surface area contributed by atoms with E-state index in [1.807, 2.05) is 0 Å². The Morgan fingerprint density at radius 3 is 2.05 bits per heavy atom. The van der Waals surface area contributed by atoms with Gasteiger partial charge in [0.15, 0.2) is 11.5 Å². The molecule has 1 aromatic carbocycles. The van der Waals surface area contributed by atoms with Crippen LogP contribution in [0.25, 0.3) is 0 Å². The van der Waals surface area contributed by atoms with Gasteiger partial charge >= 0.3 is 5.97 Å². The highest BCUT2D eigenvalue weighted by molar-refractivity contribution is 7.95. The molecule has 6 heteroatoms. The second kappa shape index (κ2) is 8.67. The molecule has 1 rings (SSSR count). The van der Waals surface area contributed by atoms with E-state index < -0.39 is 0 Å². The largest absolute Gasteiger partial charge is 0.493 e. The van der Waals surface area contributed by atoms with Crippen LogP contribution in [0.4, 0.5) is 0 Å². The quantitative estimate of drug-likeness (QED) is 0.418. The third kappa shape index (κ3) is 5.04. The van der Waals surface area contributed by atoms with Crippen LogP contribution in [-0.4, -0.2) is 52.2 Å². The number of carbonyl (C=O) groups excluding carboxylic acids is 1. The molecule has 21 heavy (non-hydrogen) atoms. The molecule has 0 aliphatic heterocycles. The van der Waals surface area contributed by atoms with Crippen molar-refractivity contribution >= 4 is 16.9 Å². The zero-order valence-electron chi connectivity index (χ0n) is 13.2. The average Bonchev–Trinajstić information content (AvgIpc) is 2.49. The van der Waals surface area contributed by atoms with Gasteiger partial charge < -0.3 is 18.9 Å². The Labute approximate surface area is 128 Å². The number of methoxy groups -OCH3 is 3. The maximum absolute atomic E-state index is 12.1. The lowest BCUT2D eigenvalue weighted by molar-refractivity contribution is 0.0505. The van der Waals surface area contributed by atoms with E-state index in [9.17, 15) is 4.79 Å². The van der Waals surface area contributed by atoms with Crippen LogP contribution in [0, 0.1) is 0 Å². The first-order valence-corrected chi connectivity index (χ1v) is 8.75. The molecule has 118 valence electrons. The summed E-state index contributed by atoms with van der Waals surface area (Å²) in [5.74, 6) is 2.00. The molecule has 0 fully saturated rings. The van der Waals surface area contributed by atoms with Crippen LogP contribution >= 0.6 is 0 Å². The van der Waals surface area contributed by atoms with Gasteiger partial charge in [-0.15, -0.1) is 0 Å². The minimum atomic E-state index is -0.388. The molecule has 5 nitrogen and oxygen atoms in total. The summed E-state index contributed by atoms with van der Waals surface area (Å²) in [5.41, 5.74) is 0.386. The van der Waals surface area contributed by atoms with E-state index in [1.165, 1.54) is 21.3 Å². The molecule has 0 radical (unpaired) electrons. The number of rotatable bonds is 8. The van der Waals surface area contributed by atoms with Crippen molar-refractivity contribution in [1.29, 1.82) is 0 Å². The summed E-state index contributed by atoms with van der Waals surface area (Å²) in [5, 5.41) is 0. The van der Waals surface area contributed by atoms with Crippen molar-refractivity contribution in [3.05, 3.63) is 17.7 Å². The van der Waals surface area contributed by atoms with E-state index in [4.69, 9.17) is 18.9 Å². The molecular weight excluding hydrogens is 292 g/mol. The molecule has 0 aromatic heterocycles. The highest BCUT2D eigenvalue weighted by atomic mass is 32.2. The Morgan fingerprint density at radius 1 is 1.05 bits per heavy atom. The van der Waals surface area contributed by atoms with Gasteiger partial charge in [0.2, 0.25) is 5.75 Å². The fourth-order valence-electron chi connectivity index (χ4n) is 1.79. The second-order valence-electron chi connectivity index (χ2n) is 4.59. The lowest BCUT2D eigenvalue weighted by atomic mass is 10.2. The summed E-state index contributed by atoms with van der Waals surface area (Å²) in [6.45, 7) is 0.417. The van der Waals surface area contributed by atoms with Gasteiger partial charge in [-0.3, -0.25) is 0 Å². The van der Waals surface area contributed by atoms with E-state index >= 15 is 0 Å². The van der Waals surface area contributed by atoms with Crippen LogP contribution in [0.3, 0.4) is 0 Å². The van der Waals surface area contributed by atoms with Crippen LogP contribution in [0.5, 0.6) is 17.2 Å². The Kier molecular flexibility index (Phi) is 7.22. The lowest BCUT2D eigenvalue weighted by Crippen LogP contribution is -2.11. The van der Waals surface area contributed by atoms with Gasteiger partial charge in [0.1, 0.15) is 5.75 Å². The summed E-state index contributed by atoms with van der Waals surface area (Å²) in [4.78, 5) is 12.1. The first kappa shape index (κ1) is 17.5. The smallest absolute Gasteiger partial charge is 0.338 e. The first-order chi connectivity index (χ1) is 10.0. The number of esters is 1. The lowest BCUT2D eigenvalue weighted by Gasteiger charge is -2.13. The SMILES string of the molecule is COc1cc(C(=O)OCCC[S+](C)C)cc(OC)c1OC. The zero-order valence-corrected chi connectivity index (χ0v) is 14.0. The van der Waals surface area contributed by atoms with E-state index in [0.29, 0.717) is 40.3 Å². The van der Waals surface area contributed by atoms with Crippen molar-refractivity contribution in [3.8, 4) is 17.2 Å². The monoisotopic (exact) mass is 315 g/mol. The van der Waals surface area contributed by atoms with Crippen molar-refractivity contribution in [3.63, 3.8) is 0 Å². The normalized spacial score (nSPS) is 10.4. The Balaban J connectivity index is 2.80. The third-order valence-corrected chi connectivity index (χ3v) is 3.94. The molecule has 1 aromatic rings. The fraction of sp³-hybridized carbons (Fsp3) is 0.533. The summed E-state index contributed by atoms with van der Waals surface area (Å²) < 4.78 is 20.9. The van der Waals surface area contributed by atoms with Crippen molar-refractivity contribution in [2.24, 2.45) is 0 Å². The van der Waals surface area contributed by atoms with Gasteiger partial charge in [-0.2, -0.15) is 0 Å². The number of hydrogen-bond donors (Lipinski definition) is 0. The van der Waals surface area contributed by atoms with Crippen LogP contribution in [0.2, 0.25) is 0 Å². The van der Waals surface area contributed by atoms with Crippen molar-refractivity contribution < 1.29 is 23.7 Å². The van der Waals surface area contributed by atoms with Crippen molar-refractivity contribution in [2.45, 2.75) is 6.42 Å². The highest BCUT2D eigenvalue weighted by Crippen LogP contribution is 2.38. The maximum Gasteiger partial charge on any atom is 0.338 e. The van der Waals surface area contributed by atoms with E-state index in [-0.39, 0.29) is 5.97 Å². The minimum Gasteiger partial charge on any atom is -0.493 e. The number of hydrogen-bond acceptors (Lipinski definition) is 5. The molecule has 0 spiro atoms. The van der Waals surface area contributed by atoms with Gasteiger partial charge in [-0.25, -0.2) is 4.79 Å². The summed E-state index contributed by atoms with van der Waals surface area (Å²) in [6, 6.07) is 3.18. The Bertz CT molecular complexity index is 448. The Morgan fingerprint density at radius 2 is 1.62 bits per heavy atom. The Hall–Kier alpha value is -1.56. The van der Waals surface area contributed by atoms with Crippen LogP contribution in [0.15, 0.2) is 12.1 Å². The molecule has 0 aliphatic rings. The van der Waals surface area contributed by atoms with Crippen LogP contribution < -0.4 is 14.2 Å². The first-order valence-electron chi connectivity index (χ1n) is 6.54. The van der Waals surface area contributed by atoms with Crippen LogP contribution in [-0.2, 0) is 15.6 Å². The average molecular weight is 315 g/mol. The molecule has 0 heterocycles. The molecular formula is C15H23O5S+. The van der Waals surface area contributed by atoms with E-state index in [1.54, 1.807) is 12.1 Å². The van der Waals surface area contributed by atoms with Gasteiger partial charge in [0.25, 0.3) is 0 Å². The summed E-state index contributed by atoms with van der Waals surface area (Å²) in [6.07, 6.45) is 5.20. The summed E-state index contributed by atoms with van der Waals surface area (Å²) in [7, 11) is 4.90. The molecule has 0 unspecified atom stereocenters. The maximum atomic E-state index is 12.1. The van der Waals surface area contributed by atoms with Gasteiger partial charge in [-0.1, -0.05) is 0 Å². The number of benzene rings is 1. The molecule has 0 N–H and O–H groups in total. The fourth-order valence-corrected chi connectivity index (χ4v) is 2.49. The van der Waals surface area contributed by atoms with E-state index in [2.05, 4.69) is 12.5 Å². The molecule has 0 saturated carbocycles. The standard InChI is InChI=1S/C15H23O5S/c1-17-12-9-11(10-13(18-2)14(12)19-3)15(16)20-7-6-8-21(4)5/h9-10H,6-8H2,1-5H3/q+1. The molecule has 0 amide bonds. The van der Waals surface area contributed by atoms with Gasteiger partial charge in [0, 0.05) is 6.42 Å². The molecule has 0 aliphatic carbocycles. The molecule has 0 atom stereocenters. The third-order valence-electron chi connectivity index (χ3n) is 2.83. The van der Waals surface area contributed by atoms with Gasteiger partial charge in [-0.05, 0) is 23.0 Å². The van der Waals surface area contributed by atoms with E-state index in [0.717, 1.165) is 12.2 Å². The number of ether oxygens (including phenoxy) is 4. The molecule has 0 saturated heterocycles. The number of carbonyl (C=O) groups is 1.